The second-order valence-electron chi connectivity index (χ2n) is 4.38. The molecule has 0 spiro atoms. The highest BCUT2D eigenvalue weighted by Gasteiger charge is 2.30. The van der Waals surface area contributed by atoms with Crippen LogP contribution in [-0.4, -0.2) is 49.2 Å². The van der Waals surface area contributed by atoms with Crippen LogP contribution in [0.5, 0.6) is 0 Å². The second-order valence-corrected chi connectivity index (χ2v) is 4.38. The van der Waals surface area contributed by atoms with Gasteiger partial charge < -0.3 is 15.1 Å². The molecule has 2 aliphatic heterocycles. The van der Waals surface area contributed by atoms with E-state index in [9.17, 15) is 0 Å². The van der Waals surface area contributed by atoms with Crippen LogP contribution in [0.1, 0.15) is 0 Å². The Morgan fingerprint density at radius 3 is 3.33 bits per heavy atom. The van der Waals surface area contributed by atoms with Gasteiger partial charge in [-0.15, -0.1) is 0 Å². The van der Waals surface area contributed by atoms with Crippen LogP contribution in [0.3, 0.4) is 0 Å². The Bertz CT molecular complexity index is 365. The van der Waals surface area contributed by atoms with E-state index in [1.807, 2.05) is 12.4 Å². The van der Waals surface area contributed by atoms with Gasteiger partial charge in [0.2, 0.25) is 0 Å². The molecule has 3 rings (SSSR count). The molecule has 1 fully saturated rings. The molecule has 3 heterocycles. The minimum atomic E-state index is 0.598. The van der Waals surface area contributed by atoms with Crippen LogP contribution in [-0.2, 0) is 0 Å². The second kappa shape index (κ2) is 3.38. The molecule has 1 atom stereocenters. The molecule has 1 aromatic heterocycles. The number of nitrogens with zero attached hydrogens (tertiary/aromatic N) is 3. The molecule has 4 heteroatoms. The Balaban J connectivity index is 1.93. The Labute approximate surface area is 89.9 Å². The Kier molecular flexibility index (Phi) is 2.02. The minimum Gasteiger partial charge on any atom is -0.381 e. The molecule has 1 unspecified atom stereocenters. The van der Waals surface area contributed by atoms with E-state index in [0.29, 0.717) is 6.04 Å². The molecule has 0 amide bonds. The lowest BCUT2D eigenvalue weighted by Crippen LogP contribution is -2.56. The fourth-order valence-corrected chi connectivity index (χ4v) is 2.49. The van der Waals surface area contributed by atoms with Crippen molar-refractivity contribution in [3.05, 3.63) is 18.5 Å². The summed E-state index contributed by atoms with van der Waals surface area (Å²) in [7, 11) is 2.19. The van der Waals surface area contributed by atoms with E-state index in [0.717, 1.165) is 26.2 Å². The number of rotatable bonds is 0. The van der Waals surface area contributed by atoms with Gasteiger partial charge >= 0.3 is 0 Å². The minimum absolute atomic E-state index is 0.598. The molecule has 0 saturated carbocycles. The number of hydrogen-bond donors (Lipinski definition) is 1. The molecule has 15 heavy (non-hydrogen) atoms. The molecule has 0 aromatic carbocycles. The first-order valence-electron chi connectivity index (χ1n) is 5.47. The highest BCUT2D eigenvalue weighted by atomic mass is 15.3. The van der Waals surface area contributed by atoms with Gasteiger partial charge in [-0.3, -0.25) is 4.98 Å². The molecular formula is C11H16N4. The summed E-state index contributed by atoms with van der Waals surface area (Å²) in [4.78, 5) is 9.09. The summed E-state index contributed by atoms with van der Waals surface area (Å²) in [6, 6.07) is 2.66. The maximum Gasteiger partial charge on any atom is 0.0792 e. The molecule has 0 aliphatic carbocycles. The van der Waals surface area contributed by atoms with Crippen LogP contribution >= 0.6 is 0 Å². The average Bonchev–Trinajstić information content (AvgIpc) is 2.28. The van der Waals surface area contributed by atoms with Crippen molar-refractivity contribution in [2.24, 2.45) is 0 Å². The van der Waals surface area contributed by atoms with Crippen molar-refractivity contribution < 1.29 is 0 Å². The number of likely N-dealkylation sites (N-methyl/N-ethyl adjacent to an activating group) is 1. The molecule has 4 nitrogen and oxygen atoms in total. The molecule has 0 radical (unpaired) electrons. The SMILES string of the molecule is CN1CCN2c3cnccc3NCC2C1. The first kappa shape index (κ1) is 8.97. The van der Waals surface area contributed by atoms with E-state index in [4.69, 9.17) is 0 Å². The van der Waals surface area contributed by atoms with E-state index >= 15 is 0 Å². The third-order valence-corrected chi connectivity index (χ3v) is 3.32. The average molecular weight is 204 g/mol. The summed E-state index contributed by atoms with van der Waals surface area (Å²) in [5.74, 6) is 0. The summed E-state index contributed by atoms with van der Waals surface area (Å²) >= 11 is 0. The smallest absolute Gasteiger partial charge is 0.0792 e. The van der Waals surface area contributed by atoms with Crippen LogP contribution < -0.4 is 10.2 Å². The number of aromatic nitrogens is 1. The van der Waals surface area contributed by atoms with Gasteiger partial charge in [-0.05, 0) is 13.1 Å². The summed E-state index contributed by atoms with van der Waals surface area (Å²) in [6.07, 6.45) is 3.82. The normalized spacial score (nSPS) is 25.4. The molecule has 1 saturated heterocycles. The zero-order valence-corrected chi connectivity index (χ0v) is 8.98. The van der Waals surface area contributed by atoms with Gasteiger partial charge in [-0.2, -0.15) is 0 Å². The topological polar surface area (TPSA) is 31.4 Å². The predicted octanol–water partition coefficient (Wildman–Crippen LogP) is 0.627. The van der Waals surface area contributed by atoms with E-state index in [-0.39, 0.29) is 0 Å². The standard InChI is InChI=1S/C11H16N4/c1-14-4-5-15-9(8-14)6-13-10-2-3-12-7-11(10)15/h2-3,7,9,13H,4-6,8H2,1H3. The fraction of sp³-hybridized carbons (Fsp3) is 0.545. The number of hydrogen-bond acceptors (Lipinski definition) is 4. The van der Waals surface area contributed by atoms with Crippen molar-refractivity contribution in [3.63, 3.8) is 0 Å². The van der Waals surface area contributed by atoms with Gasteiger partial charge in [0.1, 0.15) is 0 Å². The van der Waals surface area contributed by atoms with Crippen molar-refractivity contribution in [2.45, 2.75) is 6.04 Å². The molecule has 1 N–H and O–H groups in total. The summed E-state index contributed by atoms with van der Waals surface area (Å²) in [6.45, 7) is 4.44. The first-order valence-corrected chi connectivity index (χ1v) is 5.47. The largest absolute Gasteiger partial charge is 0.381 e. The van der Waals surface area contributed by atoms with Crippen molar-refractivity contribution in [3.8, 4) is 0 Å². The third-order valence-electron chi connectivity index (χ3n) is 3.32. The Morgan fingerprint density at radius 1 is 1.47 bits per heavy atom. The van der Waals surface area contributed by atoms with Crippen molar-refractivity contribution in [1.29, 1.82) is 0 Å². The van der Waals surface area contributed by atoms with Gasteiger partial charge in [-0.25, -0.2) is 0 Å². The maximum atomic E-state index is 4.21. The molecule has 2 aliphatic rings. The lowest BCUT2D eigenvalue weighted by molar-refractivity contribution is 0.270. The fourth-order valence-electron chi connectivity index (χ4n) is 2.49. The zero-order chi connectivity index (χ0) is 10.3. The summed E-state index contributed by atoms with van der Waals surface area (Å²) < 4.78 is 0. The Hall–Kier alpha value is -1.29. The van der Waals surface area contributed by atoms with Gasteiger partial charge in [0, 0.05) is 32.4 Å². The molecular weight excluding hydrogens is 188 g/mol. The van der Waals surface area contributed by atoms with E-state index in [2.05, 4.69) is 33.2 Å². The van der Waals surface area contributed by atoms with E-state index in [1.54, 1.807) is 0 Å². The van der Waals surface area contributed by atoms with Crippen LogP contribution in [0.2, 0.25) is 0 Å². The summed E-state index contributed by atoms with van der Waals surface area (Å²) in [5.41, 5.74) is 2.49. The number of anilines is 2. The highest BCUT2D eigenvalue weighted by Crippen LogP contribution is 2.31. The monoisotopic (exact) mass is 204 g/mol. The van der Waals surface area contributed by atoms with Crippen molar-refractivity contribution in [1.82, 2.24) is 9.88 Å². The van der Waals surface area contributed by atoms with Crippen LogP contribution in [0.25, 0.3) is 0 Å². The van der Waals surface area contributed by atoms with Crippen LogP contribution in [0, 0.1) is 0 Å². The Morgan fingerprint density at radius 2 is 2.40 bits per heavy atom. The van der Waals surface area contributed by atoms with E-state index < -0.39 is 0 Å². The number of nitrogens with one attached hydrogen (secondary N) is 1. The number of pyridine rings is 1. The summed E-state index contributed by atoms with van der Waals surface area (Å²) in [5, 5.41) is 3.47. The zero-order valence-electron chi connectivity index (χ0n) is 8.98. The van der Waals surface area contributed by atoms with Gasteiger partial charge in [0.05, 0.1) is 23.6 Å². The lowest BCUT2D eigenvalue weighted by Gasteiger charge is -2.45. The molecule has 0 bridgehead atoms. The number of piperazine rings is 1. The lowest BCUT2D eigenvalue weighted by atomic mass is 10.1. The third kappa shape index (κ3) is 1.45. The van der Waals surface area contributed by atoms with Crippen LogP contribution in [0.15, 0.2) is 18.5 Å². The van der Waals surface area contributed by atoms with Crippen molar-refractivity contribution in [2.75, 3.05) is 43.4 Å². The number of fused-ring (bicyclic) bond motifs is 3. The predicted molar refractivity (Wildman–Crippen MR) is 61.4 cm³/mol. The first-order chi connectivity index (χ1) is 7.34. The quantitative estimate of drug-likeness (QED) is 0.671. The van der Waals surface area contributed by atoms with Crippen LogP contribution in [0.4, 0.5) is 11.4 Å². The highest BCUT2D eigenvalue weighted by molar-refractivity contribution is 5.71. The molecule has 80 valence electrons. The van der Waals surface area contributed by atoms with Gasteiger partial charge in [-0.1, -0.05) is 0 Å². The van der Waals surface area contributed by atoms with Gasteiger partial charge in [0.25, 0.3) is 0 Å². The van der Waals surface area contributed by atoms with Crippen molar-refractivity contribution >= 4 is 11.4 Å². The van der Waals surface area contributed by atoms with E-state index in [1.165, 1.54) is 11.4 Å². The maximum absolute atomic E-state index is 4.21. The molecule has 1 aromatic rings. The van der Waals surface area contributed by atoms with Gasteiger partial charge in [0.15, 0.2) is 0 Å².